The van der Waals surface area contributed by atoms with E-state index in [9.17, 15) is 22.0 Å². The fraction of sp³-hybridized carbons (Fsp3) is 0.188. The monoisotopic (exact) mass is 405 g/mol. The lowest BCUT2D eigenvalue weighted by molar-refractivity contribution is 0.0977. The van der Waals surface area contributed by atoms with Crippen molar-refractivity contribution in [2.75, 3.05) is 13.4 Å². The first-order valence-electron chi connectivity index (χ1n) is 7.06. The maximum atomic E-state index is 14.1. The number of carbonyl (C=O) groups excluding carboxylic acids is 1. The summed E-state index contributed by atoms with van der Waals surface area (Å²) in [7, 11) is -2.47. The first-order chi connectivity index (χ1) is 12.1. The first-order valence-corrected chi connectivity index (χ1v) is 9.33. The highest BCUT2D eigenvalue weighted by atomic mass is 35.5. The molecule has 0 saturated carbocycles. The van der Waals surface area contributed by atoms with Crippen LogP contribution in [0.2, 0.25) is 5.02 Å². The lowest BCUT2D eigenvalue weighted by atomic mass is 10.1. The van der Waals surface area contributed by atoms with Gasteiger partial charge in [-0.05, 0) is 24.3 Å². The summed E-state index contributed by atoms with van der Waals surface area (Å²) in [6, 6.07) is 5.88. The molecule has 0 bridgehead atoms. The van der Waals surface area contributed by atoms with Crippen LogP contribution in [0.1, 0.15) is 15.9 Å². The van der Waals surface area contributed by atoms with Crippen LogP contribution in [0.4, 0.5) is 8.78 Å². The molecule has 0 aliphatic heterocycles. The SMILES string of the molecule is COc1cc(Cl)cc(OCc2cc(F)c(C(=O)NS(C)(=O)=O)cc2F)c1. The summed E-state index contributed by atoms with van der Waals surface area (Å²) in [5.74, 6) is -2.59. The van der Waals surface area contributed by atoms with Gasteiger partial charge in [0.05, 0.1) is 18.9 Å². The molecule has 1 N–H and O–H groups in total. The zero-order valence-electron chi connectivity index (χ0n) is 13.7. The molecule has 6 nitrogen and oxygen atoms in total. The van der Waals surface area contributed by atoms with E-state index in [1.54, 1.807) is 10.8 Å². The van der Waals surface area contributed by atoms with Crippen LogP contribution in [0.25, 0.3) is 0 Å². The fourth-order valence-corrected chi connectivity index (χ4v) is 2.66. The third-order valence-electron chi connectivity index (χ3n) is 3.13. The molecule has 0 aliphatic carbocycles. The molecular weight excluding hydrogens is 392 g/mol. The van der Waals surface area contributed by atoms with E-state index in [1.165, 1.54) is 19.2 Å². The molecule has 0 atom stereocenters. The van der Waals surface area contributed by atoms with Gasteiger partial charge in [0, 0.05) is 16.7 Å². The standard InChI is InChI=1S/C16H14ClF2NO5S/c1-24-11-4-10(17)5-12(6-11)25-8-9-3-15(19)13(7-14(9)18)16(21)20-26(2,22)23/h3-7H,8H2,1-2H3,(H,20,21). The Balaban J connectivity index is 2.20. The van der Waals surface area contributed by atoms with Gasteiger partial charge in [0.15, 0.2) is 0 Å². The number of ether oxygens (including phenoxy) is 2. The number of benzene rings is 2. The number of carbonyl (C=O) groups is 1. The summed E-state index contributed by atoms with van der Waals surface area (Å²) < 4.78 is 62.2. The van der Waals surface area contributed by atoms with Gasteiger partial charge in [-0.3, -0.25) is 4.79 Å². The molecule has 0 fully saturated rings. The van der Waals surface area contributed by atoms with Gasteiger partial charge < -0.3 is 9.47 Å². The zero-order valence-corrected chi connectivity index (χ0v) is 15.2. The minimum absolute atomic E-state index is 0.169. The van der Waals surface area contributed by atoms with Gasteiger partial charge in [0.25, 0.3) is 5.91 Å². The van der Waals surface area contributed by atoms with E-state index >= 15 is 0 Å². The Morgan fingerprint density at radius 2 is 1.77 bits per heavy atom. The molecule has 1 amide bonds. The first kappa shape index (κ1) is 19.9. The third kappa shape index (κ3) is 5.30. The highest BCUT2D eigenvalue weighted by Gasteiger charge is 2.19. The number of hydrogen-bond donors (Lipinski definition) is 1. The van der Waals surface area contributed by atoms with Crippen molar-refractivity contribution in [1.29, 1.82) is 0 Å². The summed E-state index contributed by atoms with van der Waals surface area (Å²) in [5, 5.41) is 0.332. The summed E-state index contributed by atoms with van der Waals surface area (Å²) in [6.45, 7) is -0.347. The van der Waals surface area contributed by atoms with Crippen LogP contribution in [-0.4, -0.2) is 27.7 Å². The average Bonchev–Trinajstić information content (AvgIpc) is 2.53. The maximum Gasteiger partial charge on any atom is 0.267 e. The van der Waals surface area contributed by atoms with E-state index in [1.807, 2.05) is 0 Å². The van der Waals surface area contributed by atoms with Gasteiger partial charge in [0.1, 0.15) is 29.7 Å². The molecular formula is C16H14ClF2NO5S. The second-order valence-electron chi connectivity index (χ2n) is 5.24. The van der Waals surface area contributed by atoms with E-state index in [-0.39, 0.29) is 17.9 Å². The molecule has 26 heavy (non-hydrogen) atoms. The number of amides is 1. The van der Waals surface area contributed by atoms with Crippen LogP contribution < -0.4 is 14.2 Å². The minimum atomic E-state index is -3.91. The summed E-state index contributed by atoms with van der Waals surface area (Å²) in [6.07, 6.45) is 0.723. The highest BCUT2D eigenvalue weighted by molar-refractivity contribution is 7.89. The summed E-state index contributed by atoms with van der Waals surface area (Å²) in [5.41, 5.74) is -0.904. The highest BCUT2D eigenvalue weighted by Crippen LogP contribution is 2.27. The van der Waals surface area contributed by atoms with Crippen molar-refractivity contribution < 1.29 is 31.5 Å². The third-order valence-corrected chi connectivity index (χ3v) is 3.91. The van der Waals surface area contributed by atoms with E-state index in [2.05, 4.69) is 0 Å². The summed E-state index contributed by atoms with van der Waals surface area (Å²) in [4.78, 5) is 11.7. The van der Waals surface area contributed by atoms with Gasteiger partial charge >= 0.3 is 0 Å². The maximum absolute atomic E-state index is 14.1. The Bertz CT molecular complexity index is 950. The molecule has 2 aromatic carbocycles. The number of hydrogen-bond acceptors (Lipinski definition) is 5. The fourth-order valence-electron chi connectivity index (χ4n) is 2.00. The van der Waals surface area contributed by atoms with E-state index in [0.29, 0.717) is 16.8 Å². The predicted octanol–water partition coefficient (Wildman–Crippen LogP) is 2.90. The zero-order chi connectivity index (χ0) is 19.5. The van der Waals surface area contributed by atoms with Crippen molar-refractivity contribution in [3.05, 3.63) is 58.1 Å². The van der Waals surface area contributed by atoms with E-state index in [0.717, 1.165) is 12.3 Å². The molecule has 2 aromatic rings. The van der Waals surface area contributed by atoms with Crippen LogP contribution in [0.15, 0.2) is 30.3 Å². The van der Waals surface area contributed by atoms with Crippen LogP contribution in [0, 0.1) is 11.6 Å². The second kappa shape index (κ2) is 7.88. The molecule has 0 radical (unpaired) electrons. The molecule has 0 unspecified atom stereocenters. The Kier molecular flexibility index (Phi) is 6.04. The van der Waals surface area contributed by atoms with Gasteiger partial charge in [0.2, 0.25) is 10.0 Å². The molecule has 0 saturated heterocycles. The smallest absolute Gasteiger partial charge is 0.267 e. The Labute approximate surface area is 153 Å². The van der Waals surface area contributed by atoms with Crippen molar-refractivity contribution in [3.8, 4) is 11.5 Å². The number of methoxy groups -OCH3 is 1. The Morgan fingerprint density at radius 1 is 1.12 bits per heavy atom. The van der Waals surface area contributed by atoms with E-state index < -0.39 is 33.1 Å². The van der Waals surface area contributed by atoms with Crippen LogP contribution in [-0.2, 0) is 16.6 Å². The number of halogens is 3. The molecule has 0 aromatic heterocycles. The van der Waals surface area contributed by atoms with Crippen LogP contribution >= 0.6 is 11.6 Å². The molecule has 2 rings (SSSR count). The molecule has 140 valence electrons. The van der Waals surface area contributed by atoms with Crippen molar-refractivity contribution in [2.24, 2.45) is 0 Å². The lowest BCUT2D eigenvalue weighted by Gasteiger charge is -2.11. The summed E-state index contributed by atoms with van der Waals surface area (Å²) >= 11 is 5.89. The van der Waals surface area contributed by atoms with E-state index in [4.69, 9.17) is 21.1 Å². The average molecular weight is 406 g/mol. The predicted molar refractivity (Wildman–Crippen MR) is 91.0 cm³/mol. The second-order valence-corrected chi connectivity index (χ2v) is 7.43. The van der Waals surface area contributed by atoms with Crippen LogP contribution in [0.5, 0.6) is 11.5 Å². The number of nitrogens with one attached hydrogen (secondary N) is 1. The number of rotatable bonds is 6. The largest absolute Gasteiger partial charge is 0.497 e. The molecule has 0 heterocycles. The Hall–Kier alpha value is -2.39. The van der Waals surface area contributed by atoms with Crippen molar-refractivity contribution >= 4 is 27.5 Å². The minimum Gasteiger partial charge on any atom is -0.497 e. The van der Waals surface area contributed by atoms with Gasteiger partial charge in [-0.15, -0.1) is 0 Å². The lowest BCUT2D eigenvalue weighted by Crippen LogP contribution is -2.30. The van der Waals surface area contributed by atoms with Crippen molar-refractivity contribution in [3.63, 3.8) is 0 Å². The molecule has 10 heteroatoms. The van der Waals surface area contributed by atoms with Crippen LogP contribution in [0.3, 0.4) is 0 Å². The van der Waals surface area contributed by atoms with Gasteiger partial charge in [-0.2, -0.15) is 0 Å². The number of sulfonamides is 1. The van der Waals surface area contributed by atoms with Crippen molar-refractivity contribution in [1.82, 2.24) is 4.72 Å². The molecule has 0 spiro atoms. The van der Waals surface area contributed by atoms with Gasteiger partial charge in [-0.1, -0.05) is 11.6 Å². The topological polar surface area (TPSA) is 81.7 Å². The normalized spacial score (nSPS) is 11.1. The molecule has 0 aliphatic rings. The quantitative estimate of drug-likeness (QED) is 0.799. The Morgan fingerprint density at radius 3 is 2.38 bits per heavy atom. The van der Waals surface area contributed by atoms with Gasteiger partial charge in [-0.25, -0.2) is 21.9 Å². The van der Waals surface area contributed by atoms with Crippen molar-refractivity contribution in [2.45, 2.75) is 6.61 Å².